The molecular formula is C10H20N2O2. The van der Waals surface area contributed by atoms with Crippen LogP contribution in [0.4, 0.5) is 0 Å². The summed E-state index contributed by atoms with van der Waals surface area (Å²) in [6.45, 7) is 6.29. The molecule has 0 aliphatic carbocycles. The second kappa shape index (κ2) is 7.50. The summed E-state index contributed by atoms with van der Waals surface area (Å²) in [5.41, 5.74) is 0. The highest BCUT2D eigenvalue weighted by molar-refractivity contribution is 5.86. The number of hydrogen-bond acceptors (Lipinski definition) is 3. The quantitative estimate of drug-likeness (QED) is 0.628. The first kappa shape index (κ1) is 13.1. The van der Waals surface area contributed by atoms with Gasteiger partial charge in [0.05, 0.1) is 13.1 Å². The topological polar surface area (TPSA) is 58.2 Å². The van der Waals surface area contributed by atoms with Crippen molar-refractivity contribution in [3.63, 3.8) is 0 Å². The molecule has 0 spiro atoms. The number of Topliss-reactive ketones (excluding diaryl/α,β-unsaturated/α-hetero) is 1. The highest BCUT2D eigenvalue weighted by Crippen LogP contribution is 1.85. The molecule has 1 unspecified atom stereocenters. The van der Waals surface area contributed by atoms with E-state index in [1.165, 1.54) is 0 Å². The Labute approximate surface area is 85.4 Å². The molecule has 0 rings (SSSR count). The third kappa shape index (κ3) is 6.60. The van der Waals surface area contributed by atoms with Crippen LogP contribution in [0.1, 0.15) is 33.6 Å². The summed E-state index contributed by atoms with van der Waals surface area (Å²) in [6.07, 6.45) is 1.46. The monoisotopic (exact) mass is 200 g/mol. The van der Waals surface area contributed by atoms with Crippen molar-refractivity contribution in [3.05, 3.63) is 0 Å². The maximum absolute atomic E-state index is 11.2. The van der Waals surface area contributed by atoms with Gasteiger partial charge in [-0.3, -0.25) is 9.59 Å². The Hall–Kier alpha value is -0.900. The lowest BCUT2D eigenvalue weighted by atomic mass is 10.2. The number of ketones is 1. The minimum atomic E-state index is -0.118. The molecule has 4 heteroatoms. The predicted octanol–water partition coefficient (Wildman–Crippen LogP) is 0.470. The minimum Gasteiger partial charge on any atom is -0.348 e. The van der Waals surface area contributed by atoms with Gasteiger partial charge in [-0.1, -0.05) is 13.8 Å². The van der Waals surface area contributed by atoms with Crippen LogP contribution in [0.5, 0.6) is 0 Å². The molecule has 82 valence electrons. The Bertz CT molecular complexity index is 193. The van der Waals surface area contributed by atoms with Crippen molar-refractivity contribution >= 4 is 11.7 Å². The Balaban J connectivity index is 3.51. The lowest BCUT2D eigenvalue weighted by molar-refractivity contribution is -0.124. The van der Waals surface area contributed by atoms with Gasteiger partial charge in [0.25, 0.3) is 0 Å². The summed E-state index contributed by atoms with van der Waals surface area (Å²) < 4.78 is 0. The largest absolute Gasteiger partial charge is 0.348 e. The fourth-order valence-corrected chi connectivity index (χ4v) is 0.796. The Morgan fingerprint density at radius 2 is 1.86 bits per heavy atom. The highest BCUT2D eigenvalue weighted by atomic mass is 16.2. The Morgan fingerprint density at radius 1 is 1.21 bits per heavy atom. The molecule has 1 atom stereocenters. The Kier molecular flexibility index (Phi) is 7.02. The van der Waals surface area contributed by atoms with E-state index in [2.05, 4.69) is 17.6 Å². The summed E-state index contributed by atoms with van der Waals surface area (Å²) in [6, 6.07) is 0.336. The summed E-state index contributed by atoms with van der Waals surface area (Å²) in [4.78, 5) is 22.0. The van der Waals surface area contributed by atoms with Crippen LogP contribution in [0.25, 0.3) is 0 Å². The van der Waals surface area contributed by atoms with Gasteiger partial charge in [0, 0.05) is 12.5 Å². The van der Waals surface area contributed by atoms with Crippen molar-refractivity contribution in [2.24, 2.45) is 0 Å². The normalized spacial score (nSPS) is 12.2. The molecular weight excluding hydrogens is 180 g/mol. The molecule has 0 aromatic rings. The van der Waals surface area contributed by atoms with Gasteiger partial charge in [0.1, 0.15) is 0 Å². The molecule has 1 amide bonds. The van der Waals surface area contributed by atoms with Gasteiger partial charge >= 0.3 is 0 Å². The molecule has 0 heterocycles. The van der Waals surface area contributed by atoms with E-state index >= 15 is 0 Å². The second-order valence-corrected chi connectivity index (χ2v) is 3.36. The van der Waals surface area contributed by atoms with E-state index in [0.29, 0.717) is 12.5 Å². The zero-order chi connectivity index (χ0) is 11.0. The SMILES string of the molecule is CCC(=O)CNC(=O)CNC(C)CC. The van der Waals surface area contributed by atoms with E-state index in [1.54, 1.807) is 6.92 Å². The molecule has 0 aromatic heterocycles. The fourth-order valence-electron chi connectivity index (χ4n) is 0.796. The van der Waals surface area contributed by atoms with Crippen LogP contribution in [0.15, 0.2) is 0 Å². The maximum Gasteiger partial charge on any atom is 0.234 e. The van der Waals surface area contributed by atoms with Crippen molar-refractivity contribution in [2.45, 2.75) is 39.7 Å². The van der Waals surface area contributed by atoms with E-state index < -0.39 is 0 Å². The van der Waals surface area contributed by atoms with Crippen LogP contribution < -0.4 is 10.6 Å². The van der Waals surface area contributed by atoms with Crippen LogP contribution in [0.2, 0.25) is 0 Å². The number of carbonyl (C=O) groups is 2. The molecule has 0 radical (unpaired) electrons. The number of carbonyl (C=O) groups excluding carboxylic acids is 2. The minimum absolute atomic E-state index is 0.0573. The van der Waals surface area contributed by atoms with Gasteiger partial charge in [-0.15, -0.1) is 0 Å². The third-order valence-corrected chi connectivity index (χ3v) is 2.10. The van der Waals surface area contributed by atoms with Crippen molar-refractivity contribution < 1.29 is 9.59 Å². The molecule has 0 aliphatic heterocycles. The van der Waals surface area contributed by atoms with Crippen LogP contribution >= 0.6 is 0 Å². The zero-order valence-electron chi connectivity index (χ0n) is 9.22. The summed E-state index contributed by atoms with van der Waals surface area (Å²) in [5.74, 6) is -0.0611. The number of amides is 1. The molecule has 4 nitrogen and oxygen atoms in total. The molecule has 0 saturated heterocycles. The van der Waals surface area contributed by atoms with Gasteiger partial charge in [0.15, 0.2) is 5.78 Å². The molecule has 0 fully saturated rings. The predicted molar refractivity (Wildman–Crippen MR) is 56.1 cm³/mol. The van der Waals surface area contributed by atoms with Crippen molar-refractivity contribution in [1.29, 1.82) is 0 Å². The van der Waals surface area contributed by atoms with Gasteiger partial charge in [-0.05, 0) is 13.3 Å². The van der Waals surface area contributed by atoms with Crippen LogP contribution in [0, 0.1) is 0 Å². The van der Waals surface area contributed by atoms with Crippen molar-refractivity contribution in [1.82, 2.24) is 10.6 Å². The van der Waals surface area contributed by atoms with Crippen LogP contribution in [0.3, 0.4) is 0 Å². The first-order chi connectivity index (χ1) is 6.60. The smallest absolute Gasteiger partial charge is 0.234 e. The number of nitrogens with one attached hydrogen (secondary N) is 2. The summed E-state index contributed by atoms with van der Waals surface area (Å²) >= 11 is 0. The van der Waals surface area contributed by atoms with E-state index in [0.717, 1.165) is 6.42 Å². The third-order valence-electron chi connectivity index (χ3n) is 2.10. The molecule has 0 bridgehead atoms. The second-order valence-electron chi connectivity index (χ2n) is 3.36. The number of hydrogen-bond donors (Lipinski definition) is 2. The maximum atomic E-state index is 11.2. The van der Waals surface area contributed by atoms with E-state index in [-0.39, 0.29) is 24.8 Å². The zero-order valence-corrected chi connectivity index (χ0v) is 9.22. The molecule has 2 N–H and O–H groups in total. The van der Waals surface area contributed by atoms with Gasteiger partial charge in [-0.2, -0.15) is 0 Å². The van der Waals surface area contributed by atoms with Crippen LogP contribution in [-0.2, 0) is 9.59 Å². The lowest BCUT2D eigenvalue weighted by Gasteiger charge is -2.10. The van der Waals surface area contributed by atoms with E-state index in [4.69, 9.17) is 0 Å². The highest BCUT2D eigenvalue weighted by Gasteiger charge is 2.04. The first-order valence-corrected chi connectivity index (χ1v) is 5.11. The molecule has 0 aliphatic rings. The van der Waals surface area contributed by atoms with E-state index in [9.17, 15) is 9.59 Å². The summed E-state index contributed by atoms with van der Waals surface area (Å²) in [5, 5.41) is 5.61. The fraction of sp³-hybridized carbons (Fsp3) is 0.800. The van der Waals surface area contributed by atoms with Crippen molar-refractivity contribution in [2.75, 3.05) is 13.1 Å². The Morgan fingerprint density at radius 3 is 2.36 bits per heavy atom. The molecule has 0 saturated carbocycles. The van der Waals surface area contributed by atoms with Crippen molar-refractivity contribution in [3.8, 4) is 0 Å². The van der Waals surface area contributed by atoms with Crippen LogP contribution in [-0.4, -0.2) is 30.8 Å². The van der Waals surface area contributed by atoms with E-state index in [1.807, 2.05) is 6.92 Å². The standard InChI is InChI=1S/C10H20N2O2/c1-4-8(3)11-7-10(14)12-6-9(13)5-2/h8,11H,4-7H2,1-3H3,(H,12,14). The first-order valence-electron chi connectivity index (χ1n) is 5.11. The average Bonchev–Trinajstić information content (AvgIpc) is 2.22. The molecule has 14 heavy (non-hydrogen) atoms. The van der Waals surface area contributed by atoms with Gasteiger partial charge in [0.2, 0.25) is 5.91 Å². The number of rotatable bonds is 7. The van der Waals surface area contributed by atoms with Gasteiger partial charge < -0.3 is 10.6 Å². The average molecular weight is 200 g/mol. The lowest BCUT2D eigenvalue weighted by Crippen LogP contribution is -2.39. The van der Waals surface area contributed by atoms with Gasteiger partial charge in [-0.25, -0.2) is 0 Å². The summed E-state index contributed by atoms with van der Waals surface area (Å²) in [7, 11) is 0. The molecule has 0 aromatic carbocycles.